The number of aromatic nitrogens is 1. The van der Waals surface area contributed by atoms with Gasteiger partial charge in [-0.15, -0.1) is 0 Å². The van der Waals surface area contributed by atoms with Crippen LogP contribution in [-0.4, -0.2) is 37.9 Å². The molecule has 1 N–H and O–H groups in total. The lowest BCUT2D eigenvalue weighted by Crippen LogP contribution is -2.44. The fourth-order valence-electron chi connectivity index (χ4n) is 3.42. The number of H-pyrrole nitrogens is 1. The maximum Gasteiger partial charge on any atom is 0.268 e. The first-order chi connectivity index (χ1) is 12.0. The highest BCUT2D eigenvalue weighted by molar-refractivity contribution is 5.95. The van der Waals surface area contributed by atoms with Gasteiger partial charge in [0.05, 0.1) is 23.4 Å². The Hall–Kier alpha value is -2.36. The number of fused-ring (bicyclic) bond motifs is 1. The second kappa shape index (κ2) is 6.87. The summed E-state index contributed by atoms with van der Waals surface area (Å²) in [7, 11) is 3.38. The molecule has 0 aliphatic carbocycles. The first kappa shape index (κ1) is 17.5. The monoisotopic (exact) mass is 341 g/mol. The summed E-state index contributed by atoms with van der Waals surface area (Å²) in [5, 5.41) is 10.4. The maximum atomic E-state index is 12.4. The average Bonchev–Trinajstić information content (AvgIpc) is 2.62. The SMILES string of the molecule is COCc1ccc2[nH]c(=O)c(C#N)c(N3CCC(C)(OC)CC3)c2c1. The van der Waals surface area contributed by atoms with Crippen molar-refractivity contribution < 1.29 is 9.47 Å². The lowest BCUT2D eigenvalue weighted by atomic mass is 9.92. The van der Waals surface area contributed by atoms with E-state index in [-0.39, 0.29) is 16.7 Å². The van der Waals surface area contributed by atoms with Crippen LogP contribution in [0.3, 0.4) is 0 Å². The zero-order valence-electron chi connectivity index (χ0n) is 14.9. The predicted molar refractivity (Wildman–Crippen MR) is 96.9 cm³/mol. The summed E-state index contributed by atoms with van der Waals surface area (Å²) in [5.74, 6) is 0. The molecule has 0 amide bonds. The van der Waals surface area contributed by atoms with E-state index in [9.17, 15) is 10.1 Å². The van der Waals surface area contributed by atoms with Gasteiger partial charge in [-0.3, -0.25) is 4.79 Å². The zero-order valence-corrected chi connectivity index (χ0v) is 14.9. The Morgan fingerprint density at radius 3 is 2.64 bits per heavy atom. The molecule has 0 atom stereocenters. The van der Waals surface area contributed by atoms with Gasteiger partial charge in [-0.05, 0) is 37.5 Å². The topological polar surface area (TPSA) is 78.3 Å². The third-order valence-corrected chi connectivity index (χ3v) is 5.10. The fraction of sp³-hybridized carbons (Fsp3) is 0.474. The van der Waals surface area contributed by atoms with Crippen molar-refractivity contribution in [1.82, 2.24) is 4.98 Å². The van der Waals surface area contributed by atoms with E-state index in [1.165, 1.54) is 0 Å². The quantitative estimate of drug-likeness (QED) is 0.924. The van der Waals surface area contributed by atoms with Gasteiger partial charge >= 0.3 is 0 Å². The van der Waals surface area contributed by atoms with Gasteiger partial charge in [-0.2, -0.15) is 5.26 Å². The molecular formula is C19H23N3O3. The van der Waals surface area contributed by atoms with Gasteiger partial charge in [0, 0.05) is 32.7 Å². The van der Waals surface area contributed by atoms with E-state index in [2.05, 4.69) is 22.9 Å². The van der Waals surface area contributed by atoms with Crippen LogP contribution in [0.5, 0.6) is 0 Å². The Morgan fingerprint density at radius 1 is 1.32 bits per heavy atom. The van der Waals surface area contributed by atoms with Gasteiger partial charge in [0.1, 0.15) is 11.6 Å². The van der Waals surface area contributed by atoms with Crippen LogP contribution in [-0.2, 0) is 16.1 Å². The molecule has 0 radical (unpaired) electrons. The van der Waals surface area contributed by atoms with Crippen molar-refractivity contribution >= 4 is 16.6 Å². The van der Waals surface area contributed by atoms with Crippen LogP contribution in [0.4, 0.5) is 5.69 Å². The van der Waals surface area contributed by atoms with E-state index < -0.39 is 0 Å². The summed E-state index contributed by atoms with van der Waals surface area (Å²) in [6.45, 7) is 4.07. The number of nitriles is 1. The third kappa shape index (κ3) is 3.26. The lowest BCUT2D eigenvalue weighted by molar-refractivity contribution is -0.0132. The van der Waals surface area contributed by atoms with E-state index in [0.29, 0.717) is 6.61 Å². The molecule has 1 saturated heterocycles. The number of hydrogen-bond acceptors (Lipinski definition) is 5. The van der Waals surface area contributed by atoms with Crippen LogP contribution in [0.2, 0.25) is 0 Å². The molecule has 6 heteroatoms. The molecule has 3 rings (SSSR count). The highest BCUT2D eigenvalue weighted by Crippen LogP contribution is 2.33. The summed E-state index contributed by atoms with van der Waals surface area (Å²) >= 11 is 0. The largest absolute Gasteiger partial charge is 0.380 e. The van der Waals surface area contributed by atoms with Crippen molar-refractivity contribution in [2.45, 2.75) is 32.0 Å². The molecule has 132 valence electrons. The number of nitrogens with zero attached hydrogens (tertiary/aromatic N) is 2. The molecular weight excluding hydrogens is 318 g/mol. The summed E-state index contributed by atoms with van der Waals surface area (Å²) in [5.41, 5.74) is 2.14. The van der Waals surface area contributed by atoms with Crippen LogP contribution in [0.25, 0.3) is 10.9 Å². The zero-order chi connectivity index (χ0) is 18.0. The van der Waals surface area contributed by atoms with Crippen LogP contribution in [0.1, 0.15) is 30.9 Å². The van der Waals surface area contributed by atoms with Gasteiger partial charge in [0.25, 0.3) is 5.56 Å². The minimum Gasteiger partial charge on any atom is -0.380 e. The van der Waals surface area contributed by atoms with Crippen molar-refractivity contribution in [2.24, 2.45) is 0 Å². The van der Waals surface area contributed by atoms with Gasteiger partial charge in [-0.1, -0.05) is 6.07 Å². The van der Waals surface area contributed by atoms with Gasteiger partial charge < -0.3 is 19.4 Å². The first-order valence-corrected chi connectivity index (χ1v) is 8.39. The van der Waals surface area contributed by atoms with E-state index >= 15 is 0 Å². The van der Waals surface area contributed by atoms with Crippen LogP contribution >= 0.6 is 0 Å². The molecule has 0 unspecified atom stereocenters. The van der Waals surface area contributed by atoms with Gasteiger partial charge in [-0.25, -0.2) is 0 Å². The molecule has 1 aromatic heterocycles. The molecule has 1 fully saturated rings. The van der Waals surface area contributed by atoms with Crippen molar-refractivity contribution in [1.29, 1.82) is 5.26 Å². The van der Waals surface area contributed by atoms with Gasteiger partial charge in [0.2, 0.25) is 0 Å². The number of ether oxygens (including phenoxy) is 2. The second-order valence-corrected chi connectivity index (χ2v) is 6.74. The van der Waals surface area contributed by atoms with Gasteiger partial charge in [0.15, 0.2) is 0 Å². The average molecular weight is 341 g/mol. The van der Waals surface area contributed by atoms with E-state index in [0.717, 1.165) is 48.1 Å². The molecule has 6 nitrogen and oxygen atoms in total. The number of benzene rings is 1. The number of hydrogen-bond donors (Lipinski definition) is 1. The number of rotatable bonds is 4. The number of nitrogens with one attached hydrogen (secondary N) is 1. The molecule has 0 saturated carbocycles. The molecule has 0 spiro atoms. The van der Waals surface area contributed by atoms with E-state index in [4.69, 9.17) is 9.47 Å². The minimum absolute atomic E-state index is 0.151. The summed E-state index contributed by atoms with van der Waals surface area (Å²) in [4.78, 5) is 17.3. The van der Waals surface area contributed by atoms with Crippen molar-refractivity contribution in [3.05, 3.63) is 39.7 Å². The fourth-order valence-corrected chi connectivity index (χ4v) is 3.42. The number of aromatic amines is 1. The van der Waals surface area contributed by atoms with E-state index in [1.54, 1.807) is 14.2 Å². The minimum atomic E-state index is -0.343. The Labute approximate surface area is 147 Å². The smallest absolute Gasteiger partial charge is 0.268 e. The number of pyridine rings is 1. The molecule has 1 aromatic carbocycles. The molecule has 1 aliphatic rings. The van der Waals surface area contributed by atoms with Crippen molar-refractivity contribution in [3.8, 4) is 6.07 Å². The summed E-state index contributed by atoms with van der Waals surface area (Å²) in [6, 6.07) is 7.89. The third-order valence-electron chi connectivity index (χ3n) is 5.10. The standard InChI is InChI=1S/C19H23N3O3/c1-19(25-3)6-8-22(9-7-19)17-14-10-13(12-24-2)4-5-16(14)21-18(23)15(17)11-20/h4-5,10H,6-9,12H2,1-3H3,(H,21,23). The molecule has 2 aromatic rings. The first-order valence-electron chi connectivity index (χ1n) is 8.39. The Balaban J connectivity index is 2.13. The molecule has 2 heterocycles. The molecule has 25 heavy (non-hydrogen) atoms. The molecule has 1 aliphatic heterocycles. The number of anilines is 1. The molecule has 0 bridgehead atoms. The summed E-state index contributed by atoms with van der Waals surface area (Å²) in [6.07, 6.45) is 1.70. The van der Waals surface area contributed by atoms with Crippen LogP contribution in [0.15, 0.2) is 23.0 Å². The highest BCUT2D eigenvalue weighted by Gasteiger charge is 2.31. The highest BCUT2D eigenvalue weighted by atomic mass is 16.5. The normalized spacial score (nSPS) is 16.8. The number of piperidine rings is 1. The van der Waals surface area contributed by atoms with Crippen LogP contribution < -0.4 is 10.5 Å². The summed E-state index contributed by atoms with van der Waals surface area (Å²) < 4.78 is 10.8. The van der Waals surface area contributed by atoms with E-state index in [1.807, 2.05) is 18.2 Å². The Bertz CT molecular complexity index is 874. The van der Waals surface area contributed by atoms with Crippen molar-refractivity contribution in [2.75, 3.05) is 32.2 Å². The Kier molecular flexibility index (Phi) is 4.80. The second-order valence-electron chi connectivity index (χ2n) is 6.74. The predicted octanol–water partition coefficient (Wildman–Crippen LogP) is 2.55. The number of methoxy groups -OCH3 is 2. The lowest BCUT2D eigenvalue weighted by Gasteiger charge is -2.40. The van der Waals surface area contributed by atoms with Crippen molar-refractivity contribution in [3.63, 3.8) is 0 Å². The Morgan fingerprint density at radius 2 is 2.04 bits per heavy atom. The maximum absolute atomic E-state index is 12.4. The van der Waals surface area contributed by atoms with Crippen LogP contribution in [0, 0.1) is 11.3 Å².